The maximum atomic E-state index is 11.7. The van der Waals surface area contributed by atoms with Crippen molar-refractivity contribution < 1.29 is 14.3 Å². The van der Waals surface area contributed by atoms with E-state index in [0.29, 0.717) is 9.98 Å². The van der Waals surface area contributed by atoms with E-state index in [2.05, 4.69) is 0 Å². The summed E-state index contributed by atoms with van der Waals surface area (Å²) in [6, 6.07) is 8.79. The van der Waals surface area contributed by atoms with E-state index >= 15 is 0 Å². The van der Waals surface area contributed by atoms with Crippen molar-refractivity contribution >= 4 is 29.2 Å². The molecular formula is C11H8ClNO3. The Morgan fingerprint density at radius 2 is 1.75 bits per heavy atom. The molecule has 0 atom stereocenters. The average molecular weight is 238 g/mol. The largest absolute Gasteiger partial charge is 0.490 e. The van der Waals surface area contributed by atoms with Crippen molar-refractivity contribution in [3.63, 3.8) is 0 Å². The zero-order chi connectivity index (χ0) is 11.7. The standard InChI is InChI=1S/C11H8ClNO3/c1-16-9-8(7-5-3-2-4-6-7)10(14)13(12)11(9)15/h2-6H,1H3. The second kappa shape index (κ2) is 3.98. The first-order valence-electron chi connectivity index (χ1n) is 4.55. The predicted molar refractivity (Wildman–Crippen MR) is 58.1 cm³/mol. The zero-order valence-electron chi connectivity index (χ0n) is 8.44. The first kappa shape index (κ1) is 10.7. The van der Waals surface area contributed by atoms with Gasteiger partial charge in [-0.1, -0.05) is 30.3 Å². The van der Waals surface area contributed by atoms with Gasteiger partial charge in [-0.2, -0.15) is 4.42 Å². The summed E-state index contributed by atoms with van der Waals surface area (Å²) in [5.41, 5.74) is 0.809. The Balaban J connectivity index is 2.57. The molecule has 0 saturated carbocycles. The highest BCUT2D eigenvalue weighted by molar-refractivity contribution is 6.46. The average Bonchev–Trinajstić information content (AvgIpc) is 2.54. The van der Waals surface area contributed by atoms with E-state index in [1.807, 2.05) is 6.07 Å². The maximum absolute atomic E-state index is 11.7. The van der Waals surface area contributed by atoms with E-state index < -0.39 is 11.8 Å². The smallest absolute Gasteiger partial charge is 0.311 e. The fourth-order valence-electron chi connectivity index (χ4n) is 1.53. The van der Waals surface area contributed by atoms with Crippen LogP contribution in [0.25, 0.3) is 5.57 Å². The molecule has 1 aromatic carbocycles. The molecule has 1 aliphatic rings. The third kappa shape index (κ3) is 1.47. The first-order chi connectivity index (χ1) is 7.66. The summed E-state index contributed by atoms with van der Waals surface area (Å²) in [6.07, 6.45) is 0. The van der Waals surface area contributed by atoms with E-state index in [9.17, 15) is 9.59 Å². The fraction of sp³-hybridized carbons (Fsp3) is 0.0909. The van der Waals surface area contributed by atoms with Crippen molar-refractivity contribution in [3.05, 3.63) is 41.7 Å². The molecule has 16 heavy (non-hydrogen) atoms. The summed E-state index contributed by atoms with van der Waals surface area (Å²) in [7, 11) is 1.33. The molecule has 0 unspecified atom stereocenters. The lowest BCUT2D eigenvalue weighted by Crippen LogP contribution is -2.21. The number of nitrogens with zero attached hydrogens (tertiary/aromatic N) is 1. The lowest BCUT2D eigenvalue weighted by atomic mass is 10.1. The lowest BCUT2D eigenvalue weighted by molar-refractivity contribution is -0.132. The van der Waals surface area contributed by atoms with Crippen LogP contribution in [0.4, 0.5) is 0 Å². The highest BCUT2D eigenvalue weighted by Crippen LogP contribution is 2.30. The number of carbonyl (C=O) groups excluding carboxylic acids is 2. The van der Waals surface area contributed by atoms with E-state index in [1.165, 1.54) is 7.11 Å². The van der Waals surface area contributed by atoms with Gasteiger partial charge in [-0.15, -0.1) is 0 Å². The third-order valence-corrected chi connectivity index (χ3v) is 2.57. The molecule has 1 aliphatic heterocycles. The van der Waals surface area contributed by atoms with E-state index in [0.717, 1.165) is 0 Å². The minimum absolute atomic E-state index is 0.0220. The molecule has 0 aliphatic carbocycles. The number of hydrogen-bond acceptors (Lipinski definition) is 3. The minimum atomic E-state index is -0.631. The number of benzene rings is 1. The first-order valence-corrected chi connectivity index (χ1v) is 4.89. The van der Waals surface area contributed by atoms with Gasteiger partial charge in [0.15, 0.2) is 5.76 Å². The van der Waals surface area contributed by atoms with Crippen molar-refractivity contribution in [3.8, 4) is 0 Å². The Labute approximate surface area is 97.2 Å². The van der Waals surface area contributed by atoms with Crippen LogP contribution in [0.2, 0.25) is 0 Å². The highest BCUT2D eigenvalue weighted by atomic mass is 35.5. The van der Waals surface area contributed by atoms with Crippen LogP contribution in [0.1, 0.15) is 5.56 Å². The van der Waals surface area contributed by atoms with Gasteiger partial charge in [-0.25, -0.2) is 0 Å². The van der Waals surface area contributed by atoms with Crippen molar-refractivity contribution in [1.29, 1.82) is 0 Å². The maximum Gasteiger partial charge on any atom is 0.311 e. The third-order valence-electron chi connectivity index (χ3n) is 2.26. The number of imide groups is 1. The number of carbonyl (C=O) groups is 2. The predicted octanol–water partition coefficient (Wildman–Crippen LogP) is 1.57. The van der Waals surface area contributed by atoms with Gasteiger partial charge in [0, 0.05) is 11.8 Å². The summed E-state index contributed by atoms with van der Waals surface area (Å²) in [6.45, 7) is 0. The van der Waals surface area contributed by atoms with E-state index in [-0.39, 0.29) is 11.3 Å². The number of rotatable bonds is 2. The normalized spacial score (nSPS) is 16.0. The van der Waals surface area contributed by atoms with Crippen LogP contribution < -0.4 is 0 Å². The van der Waals surface area contributed by atoms with Crippen LogP contribution in [-0.4, -0.2) is 23.3 Å². The molecular weight excluding hydrogens is 230 g/mol. The van der Waals surface area contributed by atoms with Crippen molar-refractivity contribution in [2.45, 2.75) is 0 Å². The Bertz CT molecular complexity index is 481. The summed E-state index contributed by atoms with van der Waals surface area (Å²) >= 11 is 5.54. The molecule has 0 spiro atoms. The second-order valence-electron chi connectivity index (χ2n) is 3.17. The van der Waals surface area contributed by atoms with Crippen molar-refractivity contribution in [2.24, 2.45) is 0 Å². The molecule has 1 aromatic rings. The van der Waals surface area contributed by atoms with Crippen LogP contribution in [0.3, 0.4) is 0 Å². The van der Waals surface area contributed by atoms with Gasteiger partial charge in [0.1, 0.15) is 0 Å². The van der Waals surface area contributed by atoms with Crippen LogP contribution in [-0.2, 0) is 14.3 Å². The number of halogens is 1. The number of ether oxygens (including phenoxy) is 1. The molecule has 4 nitrogen and oxygen atoms in total. The van der Waals surface area contributed by atoms with Gasteiger partial charge in [0.2, 0.25) is 0 Å². The van der Waals surface area contributed by atoms with Gasteiger partial charge in [0.05, 0.1) is 12.7 Å². The van der Waals surface area contributed by atoms with Gasteiger partial charge in [-0.3, -0.25) is 9.59 Å². The molecule has 0 saturated heterocycles. The summed E-state index contributed by atoms with van der Waals surface area (Å²) in [5, 5.41) is 0. The van der Waals surface area contributed by atoms with Crippen LogP contribution in [0.15, 0.2) is 36.1 Å². The summed E-state index contributed by atoms with van der Waals surface area (Å²) in [5.74, 6) is -1.21. The fourth-order valence-corrected chi connectivity index (χ4v) is 1.69. The molecule has 5 heteroatoms. The van der Waals surface area contributed by atoms with Crippen molar-refractivity contribution in [2.75, 3.05) is 7.11 Å². The van der Waals surface area contributed by atoms with Gasteiger partial charge >= 0.3 is 5.91 Å². The monoisotopic (exact) mass is 237 g/mol. The van der Waals surface area contributed by atoms with E-state index in [1.54, 1.807) is 24.3 Å². The summed E-state index contributed by atoms with van der Waals surface area (Å²) < 4.78 is 5.44. The molecule has 1 heterocycles. The molecule has 0 N–H and O–H groups in total. The number of amides is 2. The number of hydrogen-bond donors (Lipinski definition) is 0. The Morgan fingerprint density at radius 3 is 2.31 bits per heavy atom. The molecule has 82 valence electrons. The van der Waals surface area contributed by atoms with Crippen molar-refractivity contribution in [1.82, 2.24) is 4.42 Å². The zero-order valence-corrected chi connectivity index (χ0v) is 9.19. The van der Waals surface area contributed by atoms with Crippen LogP contribution in [0, 0.1) is 0 Å². The molecule has 0 radical (unpaired) electrons. The van der Waals surface area contributed by atoms with Crippen LogP contribution >= 0.6 is 11.8 Å². The molecule has 2 amide bonds. The summed E-state index contributed by atoms with van der Waals surface area (Å²) in [4.78, 5) is 23.2. The van der Waals surface area contributed by atoms with Gasteiger partial charge < -0.3 is 4.74 Å². The Morgan fingerprint density at radius 1 is 1.12 bits per heavy atom. The quantitative estimate of drug-likeness (QED) is 0.579. The molecule has 0 fully saturated rings. The van der Waals surface area contributed by atoms with Gasteiger partial charge in [0.25, 0.3) is 5.91 Å². The molecule has 2 rings (SSSR count). The highest BCUT2D eigenvalue weighted by Gasteiger charge is 2.39. The topological polar surface area (TPSA) is 46.6 Å². The van der Waals surface area contributed by atoms with Gasteiger partial charge in [-0.05, 0) is 5.56 Å². The minimum Gasteiger partial charge on any atom is -0.490 e. The number of methoxy groups -OCH3 is 1. The second-order valence-corrected chi connectivity index (χ2v) is 3.50. The molecule has 0 bridgehead atoms. The SMILES string of the molecule is COC1=C(c2ccccc2)C(=O)N(Cl)C1=O. The Kier molecular flexibility index (Phi) is 2.66. The van der Waals surface area contributed by atoms with E-state index in [4.69, 9.17) is 16.5 Å². The van der Waals surface area contributed by atoms with Crippen LogP contribution in [0.5, 0.6) is 0 Å². The Hall–Kier alpha value is -1.81. The molecule has 0 aromatic heterocycles. The lowest BCUT2D eigenvalue weighted by Gasteiger charge is -2.02.